The van der Waals surface area contributed by atoms with Gasteiger partial charge in [0, 0.05) is 23.1 Å². The molecule has 6 nitrogen and oxygen atoms in total. The molecule has 1 aromatic heterocycles. The van der Waals surface area contributed by atoms with Crippen LogP contribution in [0.1, 0.15) is 24.1 Å². The number of rotatable bonds is 6. The third-order valence-electron chi connectivity index (χ3n) is 5.46. The van der Waals surface area contributed by atoms with E-state index in [1.165, 1.54) is 12.1 Å². The first-order valence-corrected chi connectivity index (χ1v) is 10.9. The minimum absolute atomic E-state index is 0.00532. The van der Waals surface area contributed by atoms with Gasteiger partial charge in [0.25, 0.3) is 10.0 Å². The Bertz CT molecular complexity index is 1160. The van der Waals surface area contributed by atoms with E-state index in [-0.39, 0.29) is 22.3 Å². The largest absolute Gasteiger partial charge is 0.481 e. The fraction of sp³-hybridized carbons (Fsp3) is 0.286. The van der Waals surface area contributed by atoms with Gasteiger partial charge in [-0.25, -0.2) is 8.42 Å². The SMILES string of the molecule is O=C(O)CCn1c2c(c3ccccc31)CC(N(F)S(=O)(=O)c1ccccc1)CC2. The van der Waals surface area contributed by atoms with Gasteiger partial charge in [0.1, 0.15) is 0 Å². The van der Waals surface area contributed by atoms with Gasteiger partial charge in [0.15, 0.2) is 0 Å². The van der Waals surface area contributed by atoms with Gasteiger partial charge < -0.3 is 9.67 Å². The molecule has 1 aliphatic rings. The van der Waals surface area contributed by atoms with Crippen LogP contribution >= 0.6 is 0 Å². The van der Waals surface area contributed by atoms with E-state index >= 15 is 4.48 Å². The average Bonchev–Trinajstić information content (AvgIpc) is 3.05. The third kappa shape index (κ3) is 3.54. The van der Waals surface area contributed by atoms with Crippen LogP contribution in [0, 0.1) is 0 Å². The molecule has 8 heteroatoms. The Kier molecular flexibility index (Phi) is 5.14. The van der Waals surface area contributed by atoms with Crippen molar-refractivity contribution in [1.29, 1.82) is 0 Å². The molecule has 29 heavy (non-hydrogen) atoms. The molecule has 1 N–H and O–H groups in total. The van der Waals surface area contributed by atoms with Gasteiger partial charge in [-0.3, -0.25) is 4.79 Å². The monoisotopic (exact) mass is 416 g/mol. The molecule has 1 heterocycles. The van der Waals surface area contributed by atoms with E-state index in [9.17, 15) is 13.2 Å². The van der Waals surface area contributed by atoms with Crippen molar-refractivity contribution in [3.8, 4) is 0 Å². The van der Waals surface area contributed by atoms with Crippen LogP contribution in [-0.4, -0.2) is 34.6 Å². The number of hydrogen-bond acceptors (Lipinski definition) is 3. The number of para-hydroxylation sites is 1. The molecule has 0 aliphatic heterocycles. The molecule has 0 radical (unpaired) electrons. The Labute approximate surface area is 168 Å². The van der Waals surface area contributed by atoms with Crippen LogP contribution in [0.5, 0.6) is 0 Å². The van der Waals surface area contributed by atoms with Crippen LogP contribution < -0.4 is 0 Å². The number of nitrogens with zero attached hydrogens (tertiary/aromatic N) is 2. The number of benzene rings is 2. The van der Waals surface area contributed by atoms with E-state index < -0.39 is 22.0 Å². The van der Waals surface area contributed by atoms with E-state index in [0.717, 1.165) is 22.2 Å². The maximum Gasteiger partial charge on any atom is 0.305 e. The molecular weight excluding hydrogens is 395 g/mol. The molecule has 2 aromatic carbocycles. The summed E-state index contributed by atoms with van der Waals surface area (Å²) in [5.41, 5.74) is 2.76. The predicted octanol–water partition coefficient (Wildman–Crippen LogP) is 3.55. The highest BCUT2D eigenvalue weighted by molar-refractivity contribution is 7.89. The number of halogens is 1. The molecule has 0 amide bonds. The van der Waals surface area contributed by atoms with Crippen molar-refractivity contribution in [2.24, 2.45) is 0 Å². The van der Waals surface area contributed by atoms with Gasteiger partial charge in [-0.15, -0.1) is 4.48 Å². The Morgan fingerprint density at radius 1 is 1.14 bits per heavy atom. The van der Waals surface area contributed by atoms with Crippen LogP contribution in [-0.2, 0) is 34.2 Å². The normalized spacial score (nSPS) is 16.8. The second-order valence-electron chi connectivity index (χ2n) is 7.19. The molecule has 0 bridgehead atoms. The van der Waals surface area contributed by atoms with Gasteiger partial charge in [-0.1, -0.05) is 36.4 Å². The van der Waals surface area contributed by atoms with Crippen LogP contribution in [0.4, 0.5) is 4.48 Å². The van der Waals surface area contributed by atoms with E-state index in [0.29, 0.717) is 19.4 Å². The quantitative estimate of drug-likeness (QED) is 0.624. The summed E-state index contributed by atoms with van der Waals surface area (Å²) in [7, 11) is -4.23. The summed E-state index contributed by atoms with van der Waals surface area (Å²) < 4.78 is 42.4. The second kappa shape index (κ2) is 7.61. The Morgan fingerprint density at radius 2 is 1.83 bits per heavy atom. The Hall–Kier alpha value is -2.71. The lowest BCUT2D eigenvalue weighted by molar-refractivity contribution is -0.137. The lowest BCUT2D eigenvalue weighted by Gasteiger charge is -2.28. The molecule has 0 saturated heterocycles. The zero-order valence-corrected chi connectivity index (χ0v) is 16.5. The maximum absolute atomic E-state index is 15.1. The van der Waals surface area contributed by atoms with Crippen molar-refractivity contribution in [3.05, 3.63) is 65.9 Å². The molecule has 1 atom stereocenters. The van der Waals surface area contributed by atoms with Crippen LogP contribution in [0.3, 0.4) is 0 Å². The molecular formula is C21H21FN2O4S. The molecule has 1 aliphatic carbocycles. The van der Waals surface area contributed by atoms with Crippen molar-refractivity contribution in [3.63, 3.8) is 0 Å². The molecule has 3 aromatic rings. The standard InChI is InChI=1S/C21H21FN2O4S/c22-24(29(27,28)16-6-2-1-3-7-16)15-10-11-20-18(14-15)17-8-4-5-9-19(17)23(20)13-12-21(25)26/h1-9,15H,10-14H2,(H,25,26). The highest BCUT2D eigenvalue weighted by Crippen LogP contribution is 2.35. The summed E-state index contributed by atoms with van der Waals surface area (Å²) in [6.07, 6.45) is 1.06. The number of hydrogen-bond donors (Lipinski definition) is 1. The van der Waals surface area contributed by atoms with Crippen molar-refractivity contribution < 1.29 is 22.8 Å². The van der Waals surface area contributed by atoms with Crippen molar-refractivity contribution in [2.75, 3.05) is 0 Å². The highest BCUT2D eigenvalue weighted by Gasteiger charge is 2.36. The van der Waals surface area contributed by atoms with Gasteiger partial charge in [0.05, 0.1) is 17.4 Å². The summed E-state index contributed by atoms with van der Waals surface area (Å²) in [6.45, 7) is 0.331. The summed E-state index contributed by atoms with van der Waals surface area (Å²) >= 11 is 0. The molecule has 1 unspecified atom stereocenters. The Balaban J connectivity index is 1.68. The maximum atomic E-state index is 15.1. The number of sulfonamides is 1. The number of aromatic nitrogens is 1. The van der Waals surface area contributed by atoms with Crippen molar-refractivity contribution >= 4 is 26.9 Å². The van der Waals surface area contributed by atoms with Crippen LogP contribution in [0.15, 0.2) is 59.5 Å². The number of carboxylic acid groups (broad SMARTS) is 1. The summed E-state index contributed by atoms with van der Waals surface area (Å²) in [5.74, 6) is -0.880. The summed E-state index contributed by atoms with van der Waals surface area (Å²) in [6, 6.07) is 14.4. The van der Waals surface area contributed by atoms with Crippen LogP contribution in [0.25, 0.3) is 10.9 Å². The first kappa shape index (κ1) is 19.6. The summed E-state index contributed by atoms with van der Waals surface area (Å²) in [5, 5.41) is 9.98. The minimum Gasteiger partial charge on any atom is -0.481 e. The third-order valence-corrected chi connectivity index (χ3v) is 7.08. The fourth-order valence-electron chi connectivity index (χ4n) is 4.11. The highest BCUT2D eigenvalue weighted by atomic mass is 32.2. The zero-order valence-electron chi connectivity index (χ0n) is 15.7. The van der Waals surface area contributed by atoms with Gasteiger partial charge >= 0.3 is 5.97 Å². The van der Waals surface area contributed by atoms with E-state index in [1.54, 1.807) is 18.2 Å². The first-order valence-electron chi connectivity index (χ1n) is 9.45. The smallest absolute Gasteiger partial charge is 0.305 e. The number of fused-ring (bicyclic) bond motifs is 3. The first-order chi connectivity index (χ1) is 13.9. The second-order valence-corrected chi connectivity index (χ2v) is 8.96. The van der Waals surface area contributed by atoms with Gasteiger partial charge in [-0.2, -0.15) is 0 Å². The number of carboxylic acids is 1. The molecule has 0 fully saturated rings. The van der Waals surface area contributed by atoms with E-state index in [2.05, 4.69) is 0 Å². The zero-order chi connectivity index (χ0) is 20.6. The van der Waals surface area contributed by atoms with Crippen molar-refractivity contribution in [2.45, 2.75) is 43.2 Å². The number of aliphatic carboxylic acids is 1. The number of aryl methyl sites for hydroxylation is 1. The van der Waals surface area contributed by atoms with E-state index in [1.807, 2.05) is 28.8 Å². The molecule has 4 rings (SSSR count). The predicted molar refractivity (Wildman–Crippen MR) is 107 cm³/mol. The topological polar surface area (TPSA) is 79.6 Å². The van der Waals surface area contributed by atoms with Gasteiger partial charge in [-0.05, 0) is 47.6 Å². The van der Waals surface area contributed by atoms with Crippen molar-refractivity contribution in [1.82, 2.24) is 9.09 Å². The number of carbonyl (C=O) groups is 1. The molecule has 0 spiro atoms. The average molecular weight is 416 g/mol. The molecule has 0 saturated carbocycles. The lowest BCUT2D eigenvalue weighted by atomic mass is 9.92. The molecule has 152 valence electrons. The summed E-state index contributed by atoms with van der Waals surface area (Å²) in [4.78, 5) is 11.0. The van der Waals surface area contributed by atoms with E-state index in [4.69, 9.17) is 5.11 Å². The minimum atomic E-state index is -4.23. The fourth-order valence-corrected chi connectivity index (χ4v) is 5.38. The van der Waals surface area contributed by atoms with Gasteiger partial charge in [0.2, 0.25) is 0 Å². The van der Waals surface area contributed by atoms with Crippen LogP contribution in [0.2, 0.25) is 0 Å². The Morgan fingerprint density at radius 3 is 2.55 bits per heavy atom. The lowest BCUT2D eigenvalue weighted by Crippen LogP contribution is -2.38.